The minimum atomic E-state index is -0.766. The molecule has 0 aromatic carbocycles. The molecule has 0 saturated heterocycles. The SMILES string of the molecule is O=C(O)CCO[C@@H]1C[C@@H]2C[C@@H]2C1. The van der Waals surface area contributed by atoms with E-state index in [-0.39, 0.29) is 6.42 Å². The van der Waals surface area contributed by atoms with Crippen molar-refractivity contribution >= 4 is 5.97 Å². The van der Waals surface area contributed by atoms with E-state index in [1.165, 1.54) is 19.3 Å². The summed E-state index contributed by atoms with van der Waals surface area (Å²) in [6, 6.07) is 0. The van der Waals surface area contributed by atoms with Crippen LogP contribution in [-0.4, -0.2) is 23.8 Å². The number of fused-ring (bicyclic) bond motifs is 1. The van der Waals surface area contributed by atoms with Crippen molar-refractivity contribution in [3.63, 3.8) is 0 Å². The van der Waals surface area contributed by atoms with Crippen LogP contribution in [0.15, 0.2) is 0 Å². The van der Waals surface area contributed by atoms with E-state index < -0.39 is 5.97 Å². The second-order valence-electron chi connectivity index (χ2n) is 3.86. The molecule has 3 heteroatoms. The Morgan fingerprint density at radius 3 is 2.58 bits per heavy atom. The zero-order valence-electron chi connectivity index (χ0n) is 7.03. The van der Waals surface area contributed by atoms with Gasteiger partial charge in [-0.3, -0.25) is 4.79 Å². The first-order valence-corrected chi connectivity index (χ1v) is 4.59. The molecule has 0 amide bonds. The lowest BCUT2D eigenvalue weighted by molar-refractivity contribution is -0.138. The predicted molar refractivity (Wildman–Crippen MR) is 42.8 cm³/mol. The van der Waals surface area contributed by atoms with E-state index in [1.54, 1.807) is 0 Å². The van der Waals surface area contributed by atoms with E-state index in [4.69, 9.17) is 9.84 Å². The Bertz CT molecular complexity index is 180. The van der Waals surface area contributed by atoms with E-state index in [1.807, 2.05) is 0 Å². The first-order valence-electron chi connectivity index (χ1n) is 4.59. The van der Waals surface area contributed by atoms with E-state index in [0.29, 0.717) is 12.7 Å². The van der Waals surface area contributed by atoms with Crippen molar-refractivity contribution in [1.29, 1.82) is 0 Å². The molecule has 0 radical (unpaired) electrons. The minimum absolute atomic E-state index is 0.145. The summed E-state index contributed by atoms with van der Waals surface area (Å²) in [6.07, 6.45) is 4.24. The van der Waals surface area contributed by atoms with Crippen LogP contribution in [0.2, 0.25) is 0 Å². The lowest BCUT2D eigenvalue weighted by Gasteiger charge is -2.11. The van der Waals surface area contributed by atoms with Gasteiger partial charge in [-0.1, -0.05) is 0 Å². The van der Waals surface area contributed by atoms with Gasteiger partial charge in [0.15, 0.2) is 0 Å². The fourth-order valence-electron chi connectivity index (χ4n) is 2.11. The van der Waals surface area contributed by atoms with Gasteiger partial charge >= 0.3 is 5.97 Å². The number of carbonyl (C=O) groups is 1. The summed E-state index contributed by atoms with van der Waals surface area (Å²) in [7, 11) is 0. The predicted octanol–water partition coefficient (Wildman–Crippen LogP) is 1.28. The highest BCUT2D eigenvalue weighted by Crippen LogP contribution is 2.52. The molecule has 1 N–H and O–H groups in total. The van der Waals surface area contributed by atoms with Gasteiger partial charge < -0.3 is 9.84 Å². The fraction of sp³-hybridized carbons (Fsp3) is 0.889. The quantitative estimate of drug-likeness (QED) is 0.691. The van der Waals surface area contributed by atoms with E-state index >= 15 is 0 Å². The first-order chi connectivity index (χ1) is 5.75. The Balaban J connectivity index is 1.58. The third-order valence-electron chi connectivity index (χ3n) is 2.87. The van der Waals surface area contributed by atoms with Gasteiger partial charge in [0.25, 0.3) is 0 Å². The van der Waals surface area contributed by atoms with Crippen molar-refractivity contribution in [2.24, 2.45) is 11.8 Å². The van der Waals surface area contributed by atoms with Gasteiger partial charge in [-0.25, -0.2) is 0 Å². The van der Waals surface area contributed by atoms with E-state index in [9.17, 15) is 4.79 Å². The van der Waals surface area contributed by atoms with Crippen molar-refractivity contribution in [1.82, 2.24) is 0 Å². The third-order valence-corrected chi connectivity index (χ3v) is 2.87. The van der Waals surface area contributed by atoms with Gasteiger partial charge in [0.1, 0.15) is 0 Å². The van der Waals surface area contributed by atoms with Crippen LogP contribution in [0.3, 0.4) is 0 Å². The Morgan fingerprint density at radius 1 is 1.33 bits per heavy atom. The Kier molecular flexibility index (Phi) is 2.05. The number of ether oxygens (including phenoxy) is 1. The number of carboxylic acids is 1. The Morgan fingerprint density at radius 2 is 2.00 bits per heavy atom. The van der Waals surface area contributed by atoms with Gasteiger partial charge in [0.05, 0.1) is 19.1 Å². The number of hydrogen-bond donors (Lipinski definition) is 1. The molecule has 2 saturated carbocycles. The molecule has 68 valence electrons. The average Bonchev–Trinajstić information content (AvgIpc) is 2.59. The van der Waals surface area contributed by atoms with Gasteiger partial charge in [0.2, 0.25) is 0 Å². The average molecular weight is 170 g/mol. The summed E-state index contributed by atoms with van der Waals surface area (Å²) in [5, 5.41) is 8.37. The van der Waals surface area contributed by atoms with Gasteiger partial charge in [-0.2, -0.15) is 0 Å². The molecule has 2 rings (SSSR count). The molecule has 3 atom stereocenters. The third kappa shape index (κ3) is 1.78. The highest BCUT2D eigenvalue weighted by molar-refractivity contribution is 5.66. The fourth-order valence-corrected chi connectivity index (χ4v) is 2.11. The van der Waals surface area contributed by atoms with Crippen LogP contribution in [0.4, 0.5) is 0 Å². The van der Waals surface area contributed by atoms with E-state index in [0.717, 1.165) is 11.8 Å². The van der Waals surface area contributed by atoms with Gasteiger partial charge in [0, 0.05) is 0 Å². The van der Waals surface area contributed by atoms with Crippen molar-refractivity contribution in [2.45, 2.75) is 31.8 Å². The Hall–Kier alpha value is -0.570. The number of hydrogen-bond acceptors (Lipinski definition) is 2. The molecule has 0 aromatic heterocycles. The molecule has 12 heavy (non-hydrogen) atoms. The minimum Gasteiger partial charge on any atom is -0.481 e. The summed E-state index contributed by atoms with van der Waals surface area (Å²) < 4.78 is 5.43. The lowest BCUT2D eigenvalue weighted by atomic mass is 10.2. The molecule has 0 unspecified atom stereocenters. The molecule has 3 nitrogen and oxygen atoms in total. The van der Waals surface area contributed by atoms with Crippen LogP contribution in [0, 0.1) is 11.8 Å². The van der Waals surface area contributed by atoms with Crippen LogP contribution in [0.25, 0.3) is 0 Å². The molecule has 0 aliphatic heterocycles. The lowest BCUT2D eigenvalue weighted by Crippen LogP contribution is -2.13. The first kappa shape index (κ1) is 8.05. The molecular weight excluding hydrogens is 156 g/mol. The molecule has 0 heterocycles. The topological polar surface area (TPSA) is 46.5 Å². The zero-order chi connectivity index (χ0) is 8.55. The van der Waals surface area contributed by atoms with Gasteiger partial charge in [-0.15, -0.1) is 0 Å². The molecule has 0 aromatic rings. The summed E-state index contributed by atoms with van der Waals surface area (Å²) in [5.74, 6) is 1.07. The number of rotatable bonds is 4. The molecular formula is C9H14O3. The molecule has 2 fully saturated rings. The van der Waals surface area contributed by atoms with Crippen LogP contribution in [-0.2, 0) is 9.53 Å². The molecule has 2 aliphatic rings. The smallest absolute Gasteiger partial charge is 0.305 e. The highest BCUT2D eigenvalue weighted by Gasteiger charge is 2.46. The Labute approximate surface area is 71.7 Å². The number of aliphatic carboxylic acids is 1. The largest absolute Gasteiger partial charge is 0.481 e. The standard InChI is InChI=1S/C9H14O3/c10-9(11)1-2-12-8-4-6-3-7(6)5-8/h6-8H,1-5H2,(H,10,11)/t6-,7+,8+. The van der Waals surface area contributed by atoms with Crippen molar-refractivity contribution in [2.75, 3.05) is 6.61 Å². The summed E-state index contributed by atoms with van der Waals surface area (Å²) in [6.45, 7) is 0.388. The normalized spacial score (nSPS) is 37.8. The summed E-state index contributed by atoms with van der Waals surface area (Å²) >= 11 is 0. The van der Waals surface area contributed by atoms with Crippen LogP contribution < -0.4 is 0 Å². The molecule has 2 aliphatic carbocycles. The second-order valence-corrected chi connectivity index (χ2v) is 3.86. The van der Waals surface area contributed by atoms with Crippen LogP contribution in [0.1, 0.15) is 25.7 Å². The summed E-state index contributed by atoms with van der Waals surface area (Å²) in [5.41, 5.74) is 0. The van der Waals surface area contributed by atoms with Crippen molar-refractivity contribution < 1.29 is 14.6 Å². The van der Waals surface area contributed by atoms with Crippen LogP contribution >= 0.6 is 0 Å². The van der Waals surface area contributed by atoms with E-state index in [2.05, 4.69) is 0 Å². The maximum atomic E-state index is 10.2. The van der Waals surface area contributed by atoms with Crippen molar-refractivity contribution in [3.05, 3.63) is 0 Å². The number of carboxylic acid groups (broad SMARTS) is 1. The molecule has 0 spiro atoms. The van der Waals surface area contributed by atoms with Crippen molar-refractivity contribution in [3.8, 4) is 0 Å². The second kappa shape index (κ2) is 3.05. The highest BCUT2D eigenvalue weighted by atomic mass is 16.5. The maximum Gasteiger partial charge on any atom is 0.305 e. The molecule has 0 bridgehead atoms. The van der Waals surface area contributed by atoms with Gasteiger partial charge in [-0.05, 0) is 31.1 Å². The summed E-state index contributed by atoms with van der Waals surface area (Å²) in [4.78, 5) is 10.2. The zero-order valence-corrected chi connectivity index (χ0v) is 7.03. The van der Waals surface area contributed by atoms with Crippen LogP contribution in [0.5, 0.6) is 0 Å². The monoisotopic (exact) mass is 170 g/mol. The maximum absolute atomic E-state index is 10.2.